The van der Waals surface area contributed by atoms with Crippen LogP contribution in [-0.4, -0.2) is 24.8 Å². The first kappa shape index (κ1) is 19.2. The van der Waals surface area contributed by atoms with E-state index in [-0.39, 0.29) is 0 Å². The van der Waals surface area contributed by atoms with Crippen molar-refractivity contribution < 1.29 is 14.3 Å². The normalized spacial score (nSPS) is 13.3. The number of unbranched alkanes of at least 4 members (excludes halogenated alkanes) is 1. The number of carbonyl (C=O) groups is 2. The van der Waals surface area contributed by atoms with Gasteiger partial charge in [0.1, 0.15) is 5.75 Å². The van der Waals surface area contributed by atoms with Crippen LogP contribution in [0, 0.1) is 6.92 Å². The van der Waals surface area contributed by atoms with Gasteiger partial charge < -0.3 is 9.64 Å². The lowest BCUT2D eigenvalue weighted by molar-refractivity contribution is -0.114. The molecule has 0 saturated carbocycles. The molecule has 1 aliphatic heterocycles. The van der Waals surface area contributed by atoms with Crippen LogP contribution < -0.4 is 9.64 Å². The molecule has 0 fully saturated rings. The molecule has 7 heteroatoms. The van der Waals surface area contributed by atoms with Crippen LogP contribution in [0.4, 0.5) is 5.69 Å². The van der Waals surface area contributed by atoms with Crippen molar-refractivity contribution in [2.75, 3.05) is 18.1 Å². The number of ketones is 1. The highest BCUT2D eigenvalue weighted by molar-refractivity contribution is 9.10. The molecule has 0 atom stereocenters. The molecule has 0 N–H and O–H groups in total. The smallest absolute Gasteiger partial charge is 0.299 e. The van der Waals surface area contributed by atoms with Crippen LogP contribution in [0.2, 0.25) is 10.0 Å². The Morgan fingerprint density at radius 3 is 2.65 bits per heavy atom. The average molecular weight is 457 g/mol. The molecule has 1 aliphatic rings. The number of nitrogens with zero attached hydrogens (tertiary/aromatic N) is 1. The lowest BCUT2D eigenvalue weighted by atomic mass is 10.1. The molecular formula is C19H16BrCl2NO3. The molecule has 0 aliphatic carbocycles. The van der Waals surface area contributed by atoms with E-state index in [0.717, 1.165) is 10.0 Å². The van der Waals surface area contributed by atoms with Gasteiger partial charge in [-0.1, -0.05) is 23.2 Å². The first-order valence-corrected chi connectivity index (χ1v) is 9.67. The summed E-state index contributed by atoms with van der Waals surface area (Å²) >= 11 is 15.4. The maximum Gasteiger partial charge on any atom is 0.299 e. The van der Waals surface area contributed by atoms with Crippen LogP contribution in [0.1, 0.15) is 28.8 Å². The third kappa shape index (κ3) is 3.90. The number of rotatable bonds is 6. The second-order valence-electron chi connectivity index (χ2n) is 6.06. The van der Waals surface area contributed by atoms with Crippen LogP contribution in [0.25, 0.3) is 0 Å². The van der Waals surface area contributed by atoms with Gasteiger partial charge in [-0.05, 0) is 65.5 Å². The van der Waals surface area contributed by atoms with Crippen molar-refractivity contribution in [1.82, 2.24) is 0 Å². The van der Waals surface area contributed by atoms with Crippen LogP contribution >= 0.6 is 39.1 Å². The van der Waals surface area contributed by atoms with Gasteiger partial charge in [0, 0.05) is 22.1 Å². The van der Waals surface area contributed by atoms with E-state index < -0.39 is 11.7 Å². The Morgan fingerprint density at radius 2 is 1.88 bits per heavy atom. The Morgan fingerprint density at radius 1 is 1.12 bits per heavy atom. The number of anilines is 1. The third-order valence-electron chi connectivity index (χ3n) is 4.09. The minimum Gasteiger partial charge on any atom is -0.492 e. The second kappa shape index (κ2) is 7.99. The summed E-state index contributed by atoms with van der Waals surface area (Å²) in [5.41, 5.74) is 2.05. The Kier molecular flexibility index (Phi) is 5.90. The van der Waals surface area contributed by atoms with Crippen molar-refractivity contribution in [2.45, 2.75) is 19.8 Å². The number of Topliss-reactive ketones (excluding diaryl/α,β-unsaturated/α-hetero) is 1. The molecule has 0 spiro atoms. The number of hydrogen-bond donors (Lipinski definition) is 0. The highest BCUT2D eigenvalue weighted by Gasteiger charge is 2.37. The summed E-state index contributed by atoms with van der Waals surface area (Å²) in [6.07, 6.45) is 1.40. The Bertz CT molecular complexity index is 885. The maximum absolute atomic E-state index is 12.3. The molecule has 1 heterocycles. The van der Waals surface area contributed by atoms with Crippen LogP contribution in [0.3, 0.4) is 0 Å². The highest BCUT2D eigenvalue weighted by Crippen LogP contribution is 2.37. The van der Waals surface area contributed by atoms with E-state index in [2.05, 4.69) is 15.9 Å². The van der Waals surface area contributed by atoms with Gasteiger partial charge in [-0.2, -0.15) is 0 Å². The van der Waals surface area contributed by atoms with Gasteiger partial charge in [0.25, 0.3) is 11.7 Å². The molecule has 26 heavy (non-hydrogen) atoms. The second-order valence-corrected chi connectivity index (χ2v) is 7.76. The van der Waals surface area contributed by atoms with E-state index in [9.17, 15) is 9.59 Å². The fourth-order valence-electron chi connectivity index (χ4n) is 2.88. The zero-order valence-corrected chi connectivity index (χ0v) is 17.1. The Hall–Kier alpha value is -1.56. The van der Waals surface area contributed by atoms with E-state index in [1.165, 1.54) is 4.90 Å². The van der Waals surface area contributed by atoms with Gasteiger partial charge in [0.2, 0.25) is 0 Å². The van der Waals surface area contributed by atoms with Gasteiger partial charge in [0.05, 0.1) is 22.9 Å². The predicted molar refractivity (Wildman–Crippen MR) is 107 cm³/mol. The summed E-state index contributed by atoms with van der Waals surface area (Å²) in [7, 11) is 0. The molecule has 3 rings (SSSR count). The summed E-state index contributed by atoms with van der Waals surface area (Å²) in [5, 5.41) is 1.06. The summed E-state index contributed by atoms with van der Waals surface area (Å²) in [4.78, 5) is 26.0. The molecule has 2 aromatic rings. The number of carbonyl (C=O) groups excluding carboxylic acids is 2. The summed E-state index contributed by atoms with van der Waals surface area (Å²) in [6, 6.07) is 8.71. The van der Waals surface area contributed by atoms with E-state index in [1.807, 2.05) is 13.0 Å². The number of hydrogen-bond acceptors (Lipinski definition) is 3. The molecule has 4 nitrogen and oxygen atoms in total. The van der Waals surface area contributed by atoms with Crippen LogP contribution in [-0.2, 0) is 4.79 Å². The van der Waals surface area contributed by atoms with Crippen molar-refractivity contribution in [1.29, 1.82) is 0 Å². The number of fused-ring (bicyclic) bond motifs is 1. The van der Waals surface area contributed by atoms with Crippen LogP contribution in [0.15, 0.2) is 34.8 Å². The summed E-state index contributed by atoms with van der Waals surface area (Å²) in [5.74, 6) is -0.397. The van der Waals surface area contributed by atoms with Gasteiger partial charge in [-0.25, -0.2) is 0 Å². The molecule has 0 saturated heterocycles. The van der Waals surface area contributed by atoms with Crippen molar-refractivity contribution in [3.8, 4) is 5.75 Å². The van der Waals surface area contributed by atoms with E-state index >= 15 is 0 Å². The summed E-state index contributed by atoms with van der Waals surface area (Å²) in [6.45, 7) is 2.79. The number of amides is 1. The Balaban J connectivity index is 1.58. The van der Waals surface area contributed by atoms with Gasteiger partial charge in [-0.15, -0.1) is 0 Å². The number of aryl methyl sites for hydroxylation is 1. The number of ether oxygens (including phenoxy) is 1. The highest BCUT2D eigenvalue weighted by atomic mass is 79.9. The average Bonchev–Trinajstić information content (AvgIpc) is 2.82. The van der Waals surface area contributed by atoms with Gasteiger partial charge in [-0.3, -0.25) is 9.59 Å². The predicted octanol–water partition coefficient (Wildman–Crippen LogP) is 5.45. The molecule has 0 radical (unpaired) electrons. The lowest BCUT2D eigenvalue weighted by Crippen LogP contribution is -2.31. The van der Waals surface area contributed by atoms with E-state index in [4.69, 9.17) is 27.9 Å². The van der Waals surface area contributed by atoms with Gasteiger partial charge >= 0.3 is 0 Å². The molecule has 0 aromatic heterocycles. The standard InChI is InChI=1S/C19H16BrCl2NO3/c1-11-8-13-17(14(20)9-11)23(19(25)18(13)24)6-2-3-7-26-16-10-12(21)4-5-15(16)22/h4-5,8-10H,2-3,6-7H2,1H3. The molecular weight excluding hydrogens is 441 g/mol. The van der Waals surface area contributed by atoms with Crippen molar-refractivity contribution in [3.05, 3.63) is 56.0 Å². The largest absolute Gasteiger partial charge is 0.492 e. The molecule has 0 unspecified atom stereocenters. The fraction of sp³-hybridized carbons (Fsp3) is 0.263. The quantitative estimate of drug-likeness (QED) is 0.428. The Labute approximate surface area is 170 Å². The van der Waals surface area contributed by atoms with Crippen molar-refractivity contribution in [3.63, 3.8) is 0 Å². The minimum atomic E-state index is -0.481. The topological polar surface area (TPSA) is 46.6 Å². The number of benzene rings is 2. The van der Waals surface area contributed by atoms with E-state index in [1.54, 1.807) is 24.3 Å². The van der Waals surface area contributed by atoms with Crippen molar-refractivity contribution >= 4 is 56.5 Å². The third-order valence-corrected chi connectivity index (χ3v) is 5.24. The first-order chi connectivity index (χ1) is 12.4. The molecule has 0 bridgehead atoms. The zero-order chi connectivity index (χ0) is 18.8. The van der Waals surface area contributed by atoms with Crippen molar-refractivity contribution in [2.24, 2.45) is 0 Å². The zero-order valence-electron chi connectivity index (χ0n) is 14.0. The van der Waals surface area contributed by atoms with E-state index in [0.29, 0.717) is 53.0 Å². The molecule has 1 amide bonds. The monoisotopic (exact) mass is 455 g/mol. The minimum absolute atomic E-state index is 0.442. The SMILES string of the molecule is Cc1cc(Br)c2c(c1)C(=O)C(=O)N2CCCCOc1cc(Cl)ccc1Cl. The fourth-order valence-corrected chi connectivity index (χ4v) is 4.00. The lowest BCUT2D eigenvalue weighted by Gasteiger charge is -2.18. The number of halogens is 3. The molecule has 2 aromatic carbocycles. The molecule has 136 valence electrons. The summed E-state index contributed by atoms with van der Waals surface area (Å²) < 4.78 is 6.40. The van der Waals surface area contributed by atoms with Crippen LogP contribution in [0.5, 0.6) is 5.75 Å². The van der Waals surface area contributed by atoms with Gasteiger partial charge in [0.15, 0.2) is 0 Å². The first-order valence-electron chi connectivity index (χ1n) is 8.12. The maximum atomic E-state index is 12.3.